The summed E-state index contributed by atoms with van der Waals surface area (Å²) in [4.78, 5) is 25.8. The molecule has 3 aromatic rings. The molecule has 0 bridgehead atoms. The Labute approximate surface area is 150 Å². The second-order valence-corrected chi connectivity index (χ2v) is 6.14. The molecule has 25 heavy (non-hydrogen) atoms. The number of furan rings is 1. The van der Waals surface area contributed by atoms with E-state index in [1.807, 2.05) is 25.1 Å². The fourth-order valence-electron chi connectivity index (χ4n) is 2.70. The molecule has 0 spiro atoms. The highest BCUT2D eigenvalue weighted by molar-refractivity contribution is 6.31. The lowest BCUT2D eigenvalue weighted by molar-refractivity contribution is -0.117. The highest BCUT2D eigenvalue weighted by Crippen LogP contribution is 2.29. The number of nitrogens with zero attached hydrogens (tertiary/aromatic N) is 1. The SMILES string of the molecule is Cc1c(C(=O)N(CCC(N)=O)c2ccccc2)oc2ccc(Cl)cc12. The molecule has 0 fully saturated rings. The summed E-state index contributed by atoms with van der Waals surface area (Å²) in [6.07, 6.45) is 0.0612. The first-order chi connectivity index (χ1) is 12.0. The van der Waals surface area contributed by atoms with Crippen molar-refractivity contribution in [1.82, 2.24) is 0 Å². The van der Waals surface area contributed by atoms with Crippen molar-refractivity contribution >= 4 is 40.1 Å². The number of fused-ring (bicyclic) bond motifs is 1. The standard InChI is InChI=1S/C19H17ClN2O3/c1-12-15-11-13(20)7-8-16(15)25-18(12)19(24)22(10-9-17(21)23)14-5-3-2-4-6-14/h2-8,11H,9-10H2,1H3,(H2,21,23). The van der Waals surface area contributed by atoms with Crippen LogP contribution in [-0.4, -0.2) is 18.4 Å². The van der Waals surface area contributed by atoms with Gasteiger partial charge in [-0.1, -0.05) is 29.8 Å². The fraction of sp³-hybridized carbons (Fsp3) is 0.158. The van der Waals surface area contributed by atoms with Crippen LogP contribution in [0.1, 0.15) is 22.5 Å². The minimum absolute atomic E-state index is 0.0612. The summed E-state index contributed by atoms with van der Waals surface area (Å²) >= 11 is 6.03. The number of para-hydroxylation sites is 1. The molecule has 128 valence electrons. The summed E-state index contributed by atoms with van der Waals surface area (Å²) < 4.78 is 5.76. The molecule has 1 heterocycles. The maximum Gasteiger partial charge on any atom is 0.294 e. The number of halogens is 1. The Kier molecular flexibility index (Phi) is 4.76. The van der Waals surface area contributed by atoms with Crippen molar-refractivity contribution in [3.05, 3.63) is 64.9 Å². The number of benzene rings is 2. The Balaban J connectivity index is 2.02. The van der Waals surface area contributed by atoms with E-state index in [0.29, 0.717) is 21.9 Å². The molecule has 1 aromatic heterocycles. The number of carbonyl (C=O) groups excluding carboxylic acids is 2. The van der Waals surface area contributed by atoms with E-state index in [1.165, 1.54) is 4.90 Å². The number of rotatable bonds is 5. The number of amides is 2. The smallest absolute Gasteiger partial charge is 0.294 e. The molecule has 0 aliphatic heterocycles. The molecular formula is C19H17ClN2O3. The van der Waals surface area contributed by atoms with Crippen LogP contribution >= 0.6 is 11.6 Å². The van der Waals surface area contributed by atoms with Gasteiger partial charge in [0.15, 0.2) is 5.76 Å². The minimum Gasteiger partial charge on any atom is -0.451 e. The molecule has 0 radical (unpaired) electrons. The van der Waals surface area contributed by atoms with E-state index in [4.69, 9.17) is 21.8 Å². The van der Waals surface area contributed by atoms with Crippen LogP contribution in [0, 0.1) is 6.92 Å². The Morgan fingerprint density at radius 1 is 1.16 bits per heavy atom. The molecule has 0 saturated heterocycles. The minimum atomic E-state index is -0.471. The third kappa shape index (κ3) is 3.51. The number of primary amides is 1. The van der Waals surface area contributed by atoms with E-state index in [0.717, 1.165) is 5.39 Å². The fourth-order valence-corrected chi connectivity index (χ4v) is 2.87. The van der Waals surface area contributed by atoms with Gasteiger partial charge in [0, 0.05) is 34.6 Å². The predicted molar refractivity (Wildman–Crippen MR) is 97.9 cm³/mol. The highest BCUT2D eigenvalue weighted by Gasteiger charge is 2.24. The van der Waals surface area contributed by atoms with Gasteiger partial charge in [-0.05, 0) is 37.3 Å². The average Bonchev–Trinajstić information content (AvgIpc) is 2.92. The number of carbonyl (C=O) groups is 2. The van der Waals surface area contributed by atoms with Crippen molar-refractivity contribution in [2.45, 2.75) is 13.3 Å². The van der Waals surface area contributed by atoms with Crippen LogP contribution in [0.15, 0.2) is 52.9 Å². The summed E-state index contributed by atoms with van der Waals surface area (Å²) in [5.74, 6) is -0.565. The first-order valence-electron chi connectivity index (χ1n) is 7.81. The van der Waals surface area contributed by atoms with E-state index in [-0.39, 0.29) is 24.6 Å². The monoisotopic (exact) mass is 356 g/mol. The summed E-state index contributed by atoms with van der Waals surface area (Å²) in [6, 6.07) is 14.3. The Morgan fingerprint density at radius 2 is 1.88 bits per heavy atom. The second kappa shape index (κ2) is 6.99. The molecule has 2 amide bonds. The zero-order valence-electron chi connectivity index (χ0n) is 13.7. The molecule has 6 heteroatoms. The van der Waals surface area contributed by atoms with Crippen LogP contribution in [0.4, 0.5) is 5.69 Å². The third-order valence-electron chi connectivity index (χ3n) is 3.99. The molecule has 0 aliphatic rings. The molecule has 0 saturated carbocycles. The Morgan fingerprint density at radius 3 is 2.56 bits per heavy atom. The van der Waals surface area contributed by atoms with Crippen molar-refractivity contribution < 1.29 is 14.0 Å². The van der Waals surface area contributed by atoms with Gasteiger partial charge in [-0.2, -0.15) is 0 Å². The number of anilines is 1. The molecule has 0 aliphatic carbocycles. The maximum absolute atomic E-state index is 13.1. The molecule has 5 nitrogen and oxygen atoms in total. The van der Waals surface area contributed by atoms with Gasteiger partial charge in [0.05, 0.1) is 0 Å². The Hall–Kier alpha value is -2.79. The van der Waals surface area contributed by atoms with Crippen LogP contribution in [0.2, 0.25) is 5.02 Å². The van der Waals surface area contributed by atoms with E-state index in [9.17, 15) is 9.59 Å². The lowest BCUT2D eigenvalue weighted by Gasteiger charge is -2.21. The van der Waals surface area contributed by atoms with Gasteiger partial charge in [-0.15, -0.1) is 0 Å². The van der Waals surface area contributed by atoms with Crippen LogP contribution in [0.5, 0.6) is 0 Å². The van der Waals surface area contributed by atoms with Gasteiger partial charge in [0.25, 0.3) is 5.91 Å². The van der Waals surface area contributed by atoms with Crippen molar-refractivity contribution in [3.8, 4) is 0 Å². The number of hydrogen-bond acceptors (Lipinski definition) is 3. The number of hydrogen-bond donors (Lipinski definition) is 1. The molecule has 2 N–H and O–H groups in total. The van der Waals surface area contributed by atoms with Gasteiger partial charge >= 0.3 is 0 Å². The van der Waals surface area contributed by atoms with Gasteiger partial charge in [0.2, 0.25) is 5.91 Å². The second-order valence-electron chi connectivity index (χ2n) is 5.71. The highest BCUT2D eigenvalue weighted by atomic mass is 35.5. The van der Waals surface area contributed by atoms with E-state index >= 15 is 0 Å². The van der Waals surface area contributed by atoms with Gasteiger partial charge in [0.1, 0.15) is 5.58 Å². The van der Waals surface area contributed by atoms with E-state index in [1.54, 1.807) is 30.3 Å². The van der Waals surface area contributed by atoms with Crippen LogP contribution in [0.25, 0.3) is 11.0 Å². The molecule has 0 atom stereocenters. The van der Waals surface area contributed by atoms with Crippen LogP contribution in [-0.2, 0) is 4.79 Å². The maximum atomic E-state index is 13.1. The van der Waals surface area contributed by atoms with Crippen molar-refractivity contribution in [1.29, 1.82) is 0 Å². The number of aryl methyl sites for hydroxylation is 1. The lowest BCUT2D eigenvalue weighted by Crippen LogP contribution is -2.34. The first kappa shape index (κ1) is 17.0. The van der Waals surface area contributed by atoms with Gasteiger partial charge < -0.3 is 15.1 Å². The Bertz CT molecular complexity index is 934. The van der Waals surface area contributed by atoms with E-state index in [2.05, 4.69) is 0 Å². The predicted octanol–water partition coefficient (Wildman–Crippen LogP) is 3.92. The molecular weight excluding hydrogens is 340 g/mol. The first-order valence-corrected chi connectivity index (χ1v) is 8.19. The third-order valence-corrected chi connectivity index (χ3v) is 4.22. The van der Waals surface area contributed by atoms with Crippen molar-refractivity contribution in [2.75, 3.05) is 11.4 Å². The largest absolute Gasteiger partial charge is 0.451 e. The normalized spacial score (nSPS) is 10.8. The summed E-state index contributed by atoms with van der Waals surface area (Å²) in [7, 11) is 0. The summed E-state index contributed by atoms with van der Waals surface area (Å²) in [6.45, 7) is 1.99. The van der Waals surface area contributed by atoms with Crippen molar-refractivity contribution in [2.24, 2.45) is 5.73 Å². The zero-order chi connectivity index (χ0) is 18.0. The summed E-state index contributed by atoms with van der Waals surface area (Å²) in [5.41, 5.74) is 7.22. The number of nitrogens with two attached hydrogens (primary N) is 1. The van der Waals surface area contributed by atoms with Gasteiger partial charge in [-0.25, -0.2) is 0 Å². The zero-order valence-corrected chi connectivity index (χ0v) is 14.4. The topological polar surface area (TPSA) is 76.5 Å². The van der Waals surface area contributed by atoms with Crippen molar-refractivity contribution in [3.63, 3.8) is 0 Å². The van der Waals surface area contributed by atoms with E-state index < -0.39 is 5.91 Å². The molecule has 0 unspecified atom stereocenters. The molecule has 2 aromatic carbocycles. The van der Waals surface area contributed by atoms with Gasteiger partial charge in [-0.3, -0.25) is 9.59 Å². The quantitative estimate of drug-likeness (QED) is 0.752. The van der Waals surface area contributed by atoms with Crippen LogP contribution in [0.3, 0.4) is 0 Å². The average molecular weight is 357 g/mol. The lowest BCUT2D eigenvalue weighted by atomic mass is 10.1. The summed E-state index contributed by atoms with van der Waals surface area (Å²) in [5, 5.41) is 1.36. The van der Waals surface area contributed by atoms with Crippen LogP contribution < -0.4 is 10.6 Å². The molecule has 3 rings (SSSR count).